The Balaban J connectivity index is 2.84. The van der Waals surface area contributed by atoms with Crippen LogP contribution in [0.4, 0.5) is 0 Å². The molecule has 0 amide bonds. The van der Waals surface area contributed by atoms with Gasteiger partial charge in [0.2, 0.25) is 0 Å². The molecule has 98 valence electrons. The summed E-state index contributed by atoms with van der Waals surface area (Å²) in [6.45, 7) is 15.4. The highest BCUT2D eigenvalue weighted by Gasteiger charge is 2.49. The van der Waals surface area contributed by atoms with Crippen LogP contribution in [0.3, 0.4) is 0 Å². The summed E-state index contributed by atoms with van der Waals surface area (Å²) >= 11 is 0. The Labute approximate surface area is 111 Å². The molecule has 0 N–H and O–H groups in total. The first-order valence-electron chi connectivity index (χ1n) is 6.79. The average molecular weight is 244 g/mol. The summed E-state index contributed by atoms with van der Waals surface area (Å²) in [5, 5.41) is 9.61. The molecule has 1 atom stereocenters. The zero-order valence-corrected chi connectivity index (χ0v) is 12.7. The van der Waals surface area contributed by atoms with Crippen LogP contribution in [0.5, 0.6) is 0 Å². The molecule has 1 unspecified atom stereocenters. The minimum atomic E-state index is -0.326. The van der Waals surface area contributed by atoms with Crippen molar-refractivity contribution in [3.05, 3.63) is 22.5 Å². The van der Waals surface area contributed by atoms with E-state index in [1.54, 1.807) is 0 Å². The van der Waals surface area contributed by atoms with E-state index < -0.39 is 0 Å². The Bertz CT molecular complexity index is 540. The van der Waals surface area contributed by atoms with Gasteiger partial charge < -0.3 is 4.57 Å². The fourth-order valence-corrected chi connectivity index (χ4v) is 4.29. The van der Waals surface area contributed by atoms with Gasteiger partial charge in [-0.25, -0.2) is 0 Å². The first kappa shape index (κ1) is 13.2. The number of nitriles is 1. The van der Waals surface area contributed by atoms with E-state index in [9.17, 15) is 5.26 Å². The minimum absolute atomic E-state index is 0.106. The SMILES string of the molecule is Cc1c2c(c(C)n1C(C)C)C(C)(C#N)CC2(C)C. The Hall–Kier alpha value is -1.23. The van der Waals surface area contributed by atoms with Crippen LogP contribution in [-0.2, 0) is 10.8 Å². The van der Waals surface area contributed by atoms with Gasteiger partial charge in [-0.1, -0.05) is 13.8 Å². The minimum Gasteiger partial charge on any atom is -0.346 e. The van der Waals surface area contributed by atoms with Gasteiger partial charge in [0.05, 0.1) is 11.5 Å². The van der Waals surface area contributed by atoms with Gasteiger partial charge in [-0.3, -0.25) is 0 Å². The van der Waals surface area contributed by atoms with E-state index in [1.807, 2.05) is 0 Å². The van der Waals surface area contributed by atoms with E-state index in [0.717, 1.165) is 6.42 Å². The molecular weight excluding hydrogens is 220 g/mol. The van der Waals surface area contributed by atoms with Crippen molar-refractivity contribution in [3.63, 3.8) is 0 Å². The van der Waals surface area contributed by atoms with Gasteiger partial charge in [0.1, 0.15) is 0 Å². The van der Waals surface area contributed by atoms with Crippen molar-refractivity contribution in [1.29, 1.82) is 5.26 Å². The van der Waals surface area contributed by atoms with Crippen LogP contribution in [0.1, 0.15) is 69.6 Å². The second kappa shape index (κ2) is 3.63. The predicted octanol–water partition coefficient (Wildman–Crippen LogP) is 4.15. The summed E-state index contributed by atoms with van der Waals surface area (Å²) in [5.41, 5.74) is 5.12. The molecule has 0 aromatic carbocycles. The second-order valence-electron chi connectivity index (χ2n) is 6.89. The van der Waals surface area contributed by atoms with E-state index >= 15 is 0 Å². The third kappa shape index (κ3) is 1.46. The quantitative estimate of drug-likeness (QED) is 0.729. The molecule has 2 heteroatoms. The highest BCUT2D eigenvalue weighted by atomic mass is 15.0. The fraction of sp³-hybridized carbons (Fsp3) is 0.688. The van der Waals surface area contributed by atoms with Crippen molar-refractivity contribution in [3.8, 4) is 6.07 Å². The van der Waals surface area contributed by atoms with Crippen LogP contribution in [0, 0.1) is 25.2 Å². The molecule has 2 rings (SSSR count). The van der Waals surface area contributed by atoms with Gasteiger partial charge in [-0.15, -0.1) is 0 Å². The Kier molecular flexibility index (Phi) is 2.67. The van der Waals surface area contributed by atoms with Crippen LogP contribution >= 0.6 is 0 Å². The maximum Gasteiger partial charge on any atom is 0.0822 e. The standard InChI is InChI=1S/C16H24N2/c1-10(2)18-11(3)13-14(12(18)4)16(7,9-17)8-15(13,5)6/h10H,8H2,1-7H3. The lowest BCUT2D eigenvalue weighted by atomic mass is 9.80. The Morgan fingerprint density at radius 2 is 1.61 bits per heavy atom. The molecule has 18 heavy (non-hydrogen) atoms. The van der Waals surface area contributed by atoms with Crippen LogP contribution in [0.25, 0.3) is 0 Å². The monoisotopic (exact) mass is 244 g/mol. The molecule has 1 aliphatic carbocycles. The van der Waals surface area contributed by atoms with E-state index in [2.05, 4.69) is 59.1 Å². The molecule has 0 fully saturated rings. The molecule has 0 radical (unpaired) electrons. The second-order valence-corrected chi connectivity index (χ2v) is 6.89. The number of fused-ring (bicyclic) bond motifs is 1. The average Bonchev–Trinajstić information content (AvgIpc) is 2.61. The highest BCUT2D eigenvalue weighted by molar-refractivity contribution is 5.55. The molecule has 1 aromatic rings. The molecule has 0 bridgehead atoms. The topological polar surface area (TPSA) is 28.7 Å². The summed E-state index contributed by atoms with van der Waals surface area (Å²) in [4.78, 5) is 0. The van der Waals surface area contributed by atoms with Gasteiger partial charge in [0, 0.05) is 17.4 Å². The van der Waals surface area contributed by atoms with Crippen molar-refractivity contribution < 1.29 is 0 Å². The Morgan fingerprint density at radius 1 is 1.11 bits per heavy atom. The molecular formula is C16H24N2. The number of hydrogen-bond acceptors (Lipinski definition) is 1. The summed E-state index contributed by atoms with van der Waals surface area (Å²) < 4.78 is 2.39. The number of hydrogen-bond donors (Lipinski definition) is 0. The lowest BCUT2D eigenvalue weighted by Gasteiger charge is -2.25. The summed E-state index contributed by atoms with van der Waals surface area (Å²) in [6.07, 6.45) is 0.932. The van der Waals surface area contributed by atoms with Crippen molar-refractivity contribution in [1.82, 2.24) is 4.57 Å². The Morgan fingerprint density at radius 3 is 2.06 bits per heavy atom. The van der Waals surface area contributed by atoms with E-state index in [1.165, 1.54) is 22.5 Å². The van der Waals surface area contributed by atoms with E-state index in [4.69, 9.17) is 0 Å². The van der Waals surface area contributed by atoms with Crippen molar-refractivity contribution in [2.75, 3.05) is 0 Å². The van der Waals surface area contributed by atoms with Crippen molar-refractivity contribution in [2.24, 2.45) is 0 Å². The fourth-order valence-electron chi connectivity index (χ4n) is 4.29. The van der Waals surface area contributed by atoms with Gasteiger partial charge >= 0.3 is 0 Å². The highest BCUT2D eigenvalue weighted by Crippen LogP contribution is 2.53. The lowest BCUT2D eigenvalue weighted by molar-refractivity contribution is 0.427. The van der Waals surface area contributed by atoms with Gasteiger partial charge in [0.15, 0.2) is 0 Å². The van der Waals surface area contributed by atoms with Gasteiger partial charge in [-0.2, -0.15) is 5.26 Å². The molecule has 0 saturated carbocycles. The smallest absolute Gasteiger partial charge is 0.0822 e. The van der Waals surface area contributed by atoms with Crippen molar-refractivity contribution >= 4 is 0 Å². The molecule has 1 aliphatic rings. The molecule has 2 nitrogen and oxygen atoms in total. The first-order chi connectivity index (χ1) is 8.15. The third-order valence-corrected chi connectivity index (χ3v) is 4.48. The third-order valence-electron chi connectivity index (χ3n) is 4.48. The van der Waals surface area contributed by atoms with Gasteiger partial charge in [-0.05, 0) is 57.6 Å². The molecule has 0 saturated heterocycles. The van der Waals surface area contributed by atoms with Crippen LogP contribution < -0.4 is 0 Å². The van der Waals surface area contributed by atoms with Crippen LogP contribution in [-0.4, -0.2) is 4.57 Å². The molecule has 1 aromatic heterocycles. The predicted molar refractivity (Wildman–Crippen MR) is 74.9 cm³/mol. The number of rotatable bonds is 1. The number of aromatic nitrogens is 1. The summed E-state index contributed by atoms with van der Waals surface area (Å²) in [6, 6.07) is 3.01. The van der Waals surface area contributed by atoms with Crippen LogP contribution in [0.2, 0.25) is 0 Å². The normalized spacial score (nSPS) is 25.3. The maximum atomic E-state index is 9.61. The summed E-state index contributed by atoms with van der Waals surface area (Å²) in [5.74, 6) is 0. The molecule has 1 heterocycles. The largest absolute Gasteiger partial charge is 0.346 e. The maximum absolute atomic E-state index is 9.61. The van der Waals surface area contributed by atoms with Crippen molar-refractivity contribution in [2.45, 2.75) is 71.8 Å². The number of nitrogens with zero attached hydrogens (tertiary/aromatic N) is 2. The first-order valence-corrected chi connectivity index (χ1v) is 6.79. The summed E-state index contributed by atoms with van der Waals surface area (Å²) in [7, 11) is 0. The molecule has 0 spiro atoms. The van der Waals surface area contributed by atoms with E-state index in [-0.39, 0.29) is 10.8 Å². The van der Waals surface area contributed by atoms with Crippen LogP contribution in [0.15, 0.2) is 0 Å². The molecule has 0 aliphatic heterocycles. The zero-order chi connectivity index (χ0) is 13.9. The zero-order valence-electron chi connectivity index (χ0n) is 12.7. The van der Waals surface area contributed by atoms with Gasteiger partial charge in [0.25, 0.3) is 0 Å². The lowest BCUT2D eigenvalue weighted by Crippen LogP contribution is -2.23. The van der Waals surface area contributed by atoms with E-state index in [0.29, 0.717) is 6.04 Å².